The predicted molar refractivity (Wildman–Crippen MR) is 85.0 cm³/mol. The third-order valence-electron chi connectivity index (χ3n) is 4.69. The van der Waals surface area contributed by atoms with Crippen molar-refractivity contribution in [3.63, 3.8) is 0 Å². The first-order valence-electron chi connectivity index (χ1n) is 8.05. The lowest BCUT2D eigenvalue weighted by molar-refractivity contribution is -0.139. The Hall–Kier alpha value is -1.35. The van der Waals surface area contributed by atoms with E-state index in [4.69, 9.17) is 4.74 Å². The molecule has 2 atom stereocenters. The number of nitrogens with one attached hydrogen (secondary N) is 1. The fourth-order valence-electron chi connectivity index (χ4n) is 3.22. The minimum absolute atomic E-state index is 0.177. The summed E-state index contributed by atoms with van der Waals surface area (Å²) in [5.41, 5.74) is 2.26. The summed E-state index contributed by atoms with van der Waals surface area (Å²) in [6.45, 7) is 4.28. The summed E-state index contributed by atoms with van der Waals surface area (Å²) < 4.78 is 4.76. The molecule has 1 N–H and O–H groups in total. The number of carbonyl (C=O) groups is 1. The zero-order valence-corrected chi connectivity index (χ0v) is 13.2. The summed E-state index contributed by atoms with van der Waals surface area (Å²) in [5, 5.41) is 3.58. The van der Waals surface area contributed by atoms with Crippen LogP contribution in [0.5, 0.6) is 0 Å². The van der Waals surface area contributed by atoms with Crippen LogP contribution in [0.3, 0.4) is 0 Å². The van der Waals surface area contributed by atoms with E-state index in [9.17, 15) is 4.79 Å². The number of hydrogen-bond donors (Lipinski definition) is 1. The SMILES string of the molecule is COC(=O)Cc1ccccc1CNCC1CCCCC1C. The maximum atomic E-state index is 11.5. The Kier molecular flexibility index (Phi) is 6.24. The first kappa shape index (κ1) is 16.0. The van der Waals surface area contributed by atoms with Crippen LogP contribution in [0.15, 0.2) is 24.3 Å². The summed E-state index contributed by atoms with van der Waals surface area (Å²) in [5.74, 6) is 1.45. The van der Waals surface area contributed by atoms with E-state index in [-0.39, 0.29) is 5.97 Å². The minimum atomic E-state index is -0.177. The van der Waals surface area contributed by atoms with E-state index in [2.05, 4.69) is 18.3 Å². The van der Waals surface area contributed by atoms with Crippen molar-refractivity contribution in [2.75, 3.05) is 13.7 Å². The van der Waals surface area contributed by atoms with E-state index in [1.165, 1.54) is 38.4 Å². The van der Waals surface area contributed by atoms with Crippen molar-refractivity contribution < 1.29 is 9.53 Å². The molecule has 3 nitrogen and oxygen atoms in total. The Balaban J connectivity index is 1.86. The second-order valence-electron chi connectivity index (χ2n) is 6.17. The van der Waals surface area contributed by atoms with Crippen molar-refractivity contribution >= 4 is 5.97 Å². The third kappa shape index (κ3) is 4.85. The number of carbonyl (C=O) groups excluding carboxylic acids is 1. The topological polar surface area (TPSA) is 38.3 Å². The Morgan fingerprint density at radius 2 is 1.95 bits per heavy atom. The maximum absolute atomic E-state index is 11.5. The van der Waals surface area contributed by atoms with Gasteiger partial charge in [-0.3, -0.25) is 4.79 Å². The lowest BCUT2D eigenvalue weighted by Gasteiger charge is -2.29. The highest BCUT2D eigenvalue weighted by Gasteiger charge is 2.20. The van der Waals surface area contributed by atoms with Gasteiger partial charge in [-0.1, -0.05) is 50.5 Å². The van der Waals surface area contributed by atoms with Gasteiger partial charge in [-0.25, -0.2) is 0 Å². The molecule has 0 bridgehead atoms. The maximum Gasteiger partial charge on any atom is 0.309 e. The summed E-state index contributed by atoms with van der Waals surface area (Å²) >= 11 is 0. The minimum Gasteiger partial charge on any atom is -0.469 e. The zero-order valence-electron chi connectivity index (χ0n) is 13.2. The lowest BCUT2D eigenvalue weighted by Crippen LogP contribution is -2.29. The van der Waals surface area contributed by atoms with Gasteiger partial charge in [-0.2, -0.15) is 0 Å². The lowest BCUT2D eigenvalue weighted by atomic mass is 9.80. The molecule has 116 valence electrons. The molecule has 0 saturated heterocycles. The van der Waals surface area contributed by atoms with Crippen LogP contribution in [0.2, 0.25) is 0 Å². The van der Waals surface area contributed by atoms with Crippen molar-refractivity contribution in [3.8, 4) is 0 Å². The predicted octanol–water partition coefficient (Wildman–Crippen LogP) is 3.32. The van der Waals surface area contributed by atoms with Gasteiger partial charge in [0.05, 0.1) is 13.5 Å². The van der Waals surface area contributed by atoms with Crippen molar-refractivity contribution in [2.24, 2.45) is 11.8 Å². The first-order chi connectivity index (χ1) is 10.2. The highest BCUT2D eigenvalue weighted by molar-refractivity contribution is 5.72. The molecule has 1 fully saturated rings. The average molecular weight is 289 g/mol. The monoisotopic (exact) mass is 289 g/mol. The van der Waals surface area contributed by atoms with Crippen LogP contribution in [0.4, 0.5) is 0 Å². The highest BCUT2D eigenvalue weighted by Crippen LogP contribution is 2.28. The van der Waals surface area contributed by atoms with Gasteiger partial charge in [0, 0.05) is 6.54 Å². The molecule has 21 heavy (non-hydrogen) atoms. The van der Waals surface area contributed by atoms with Crippen LogP contribution in [0.1, 0.15) is 43.7 Å². The van der Waals surface area contributed by atoms with E-state index in [1.54, 1.807) is 0 Å². The van der Waals surface area contributed by atoms with Crippen molar-refractivity contribution in [1.29, 1.82) is 0 Å². The van der Waals surface area contributed by atoms with Crippen LogP contribution in [-0.4, -0.2) is 19.6 Å². The molecule has 0 aromatic heterocycles. The fourth-order valence-corrected chi connectivity index (χ4v) is 3.22. The van der Waals surface area contributed by atoms with Gasteiger partial charge >= 0.3 is 5.97 Å². The Labute approximate surface area is 128 Å². The summed E-state index contributed by atoms with van der Waals surface area (Å²) in [7, 11) is 1.44. The molecular weight excluding hydrogens is 262 g/mol. The third-order valence-corrected chi connectivity index (χ3v) is 4.69. The highest BCUT2D eigenvalue weighted by atomic mass is 16.5. The standard InChI is InChI=1S/C18H27NO2/c1-14-7-3-4-9-16(14)12-19-13-17-10-6-5-8-15(17)11-18(20)21-2/h5-6,8,10,14,16,19H,3-4,7,9,11-13H2,1-2H3. The van der Waals surface area contributed by atoms with Gasteiger partial charge in [-0.15, -0.1) is 0 Å². The molecule has 1 aromatic rings. The molecule has 2 unspecified atom stereocenters. The molecular formula is C18H27NO2. The van der Waals surface area contributed by atoms with Crippen LogP contribution < -0.4 is 5.32 Å². The van der Waals surface area contributed by atoms with E-state index in [0.29, 0.717) is 6.42 Å². The van der Waals surface area contributed by atoms with Crippen molar-refractivity contribution in [2.45, 2.75) is 45.6 Å². The molecule has 0 aliphatic heterocycles. The molecule has 0 amide bonds. The normalized spacial score (nSPS) is 22.0. The van der Waals surface area contributed by atoms with Gasteiger partial charge in [0.2, 0.25) is 0 Å². The molecule has 1 saturated carbocycles. The van der Waals surface area contributed by atoms with Gasteiger partial charge < -0.3 is 10.1 Å². The van der Waals surface area contributed by atoms with Crippen molar-refractivity contribution in [3.05, 3.63) is 35.4 Å². The second-order valence-corrected chi connectivity index (χ2v) is 6.17. The molecule has 1 aliphatic carbocycles. The summed E-state index contributed by atoms with van der Waals surface area (Å²) in [4.78, 5) is 11.5. The van der Waals surface area contributed by atoms with E-state index in [1.807, 2.05) is 18.2 Å². The molecule has 2 rings (SSSR count). The average Bonchev–Trinajstić information content (AvgIpc) is 2.50. The molecule has 1 aliphatic rings. The Morgan fingerprint density at radius 3 is 2.67 bits per heavy atom. The number of benzene rings is 1. The first-order valence-corrected chi connectivity index (χ1v) is 8.05. The van der Waals surface area contributed by atoms with Crippen LogP contribution in [0, 0.1) is 11.8 Å². The fraction of sp³-hybridized carbons (Fsp3) is 0.611. The molecule has 3 heteroatoms. The molecule has 0 radical (unpaired) electrons. The smallest absolute Gasteiger partial charge is 0.309 e. The van der Waals surface area contributed by atoms with Gasteiger partial charge in [-0.05, 0) is 35.9 Å². The Morgan fingerprint density at radius 1 is 1.24 bits per heavy atom. The number of hydrogen-bond acceptors (Lipinski definition) is 3. The molecule has 0 spiro atoms. The molecule has 1 aromatic carbocycles. The summed E-state index contributed by atoms with van der Waals surface area (Å²) in [6.07, 6.45) is 5.83. The van der Waals surface area contributed by atoms with Crippen LogP contribution >= 0.6 is 0 Å². The van der Waals surface area contributed by atoms with Crippen LogP contribution in [-0.2, 0) is 22.5 Å². The van der Waals surface area contributed by atoms with Gasteiger partial charge in [0.1, 0.15) is 0 Å². The summed E-state index contributed by atoms with van der Waals surface area (Å²) in [6, 6.07) is 8.11. The van der Waals surface area contributed by atoms with E-state index in [0.717, 1.165) is 30.5 Å². The zero-order chi connectivity index (χ0) is 15.1. The quantitative estimate of drug-likeness (QED) is 0.816. The Bertz CT molecular complexity index is 458. The number of methoxy groups -OCH3 is 1. The van der Waals surface area contributed by atoms with E-state index < -0.39 is 0 Å². The molecule has 0 heterocycles. The largest absolute Gasteiger partial charge is 0.469 e. The number of ether oxygens (including phenoxy) is 1. The van der Waals surface area contributed by atoms with Crippen molar-refractivity contribution in [1.82, 2.24) is 5.32 Å². The number of esters is 1. The number of rotatable bonds is 6. The van der Waals surface area contributed by atoms with Crippen LogP contribution in [0.25, 0.3) is 0 Å². The van der Waals surface area contributed by atoms with Gasteiger partial charge in [0.25, 0.3) is 0 Å². The van der Waals surface area contributed by atoms with E-state index >= 15 is 0 Å². The second kappa shape index (κ2) is 8.18. The van der Waals surface area contributed by atoms with Gasteiger partial charge in [0.15, 0.2) is 0 Å².